The second kappa shape index (κ2) is 3.82. The Hall–Kier alpha value is -0.120. The average molecular weight is 206 g/mol. The van der Waals surface area contributed by atoms with E-state index in [1.807, 2.05) is 6.07 Å². The summed E-state index contributed by atoms with van der Waals surface area (Å²) in [5.74, 6) is 0. The Balaban J connectivity index is 0.000000640. The fraction of sp³-hybridized carbons (Fsp3) is 0. The van der Waals surface area contributed by atoms with Gasteiger partial charge in [0, 0.05) is 16.8 Å². The van der Waals surface area contributed by atoms with Gasteiger partial charge in [-0.1, -0.05) is 11.6 Å². The molecule has 0 amide bonds. The van der Waals surface area contributed by atoms with Crippen LogP contribution in [-0.4, -0.2) is 4.98 Å². The molecule has 0 aromatic carbocycles. The highest BCUT2D eigenvalue weighted by molar-refractivity contribution is 9.10. The average Bonchev–Trinajstić information content (AvgIpc) is 1.77. The smallest absolute Gasteiger partial charge is 0.129 e. The van der Waals surface area contributed by atoms with Crippen molar-refractivity contribution in [3.8, 4) is 0 Å². The van der Waals surface area contributed by atoms with Gasteiger partial charge in [-0.25, -0.2) is 4.98 Å². The molecule has 0 saturated carbocycles. The van der Waals surface area contributed by atoms with Crippen LogP contribution in [0.2, 0.25) is 5.15 Å². The Morgan fingerprint density at radius 1 is 1.44 bits per heavy atom. The lowest BCUT2D eigenvalue weighted by Crippen LogP contribution is -1.69. The molecule has 1 rings (SSSR count). The number of halogens is 2. The van der Waals surface area contributed by atoms with Gasteiger partial charge in [-0.2, -0.15) is 0 Å². The number of hydrogen-bond donors (Lipinski definition) is 0. The van der Waals surface area contributed by atoms with Gasteiger partial charge in [0.25, 0.3) is 0 Å². The zero-order chi connectivity index (χ0) is 5.98. The Labute approximate surface area is 67.0 Å². The molecule has 1 aromatic rings. The van der Waals surface area contributed by atoms with Crippen LogP contribution in [0, 0.1) is 0 Å². The van der Waals surface area contributed by atoms with Gasteiger partial charge in [-0.3, -0.25) is 0 Å². The molecule has 3 radical (unpaired) electrons. The zero-order valence-corrected chi connectivity index (χ0v) is 6.72. The van der Waals surface area contributed by atoms with E-state index in [1.54, 1.807) is 12.3 Å². The normalized spacial score (nSPS) is 8.22. The molecular formula is C5H3BrClN2. The van der Waals surface area contributed by atoms with Crippen molar-refractivity contribution in [1.82, 2.24) is 11.1 Å². The number of nitrogens with zero attached hydrogens (tertiary/aromatic N) is 2. The monoisotopic (exact) mass is 205 g/mol. The molecule has 2 nitrogen and oxygen atoms in total. The molecule has 0 N–H and O–H groups in total. The molecular weight excluding hydrogens is 203 g/mol. The van der Waals surface area contributed by atoms with Crippen molar-refractivity contribution in [1.29, 1.82) is 0 Å². The highest BCUT2D eigenvalue weighted by Crippen LogP contribution is 2.09. The van der Waals surface area contributed by atoms with Gasteiger partial charge >= 0.3 is 0 Å². The van der Waals surface area contributed by atoms with E-state index in [9.17, 15) is 0 Å². The predicted octanol–water partition coefficient (Wildman–Crippen LogP) is 2.02. The molecule has 0 saturated heterocycles. The molecule has 0 aliphatic rings. The standard InChI is InChI=1S/C5H3BrClN.N/c6-4-1-2-5(7)8-3-4;/h1-3H;. The van der Waals surface area contributed by atoms with Crippen LogP contribution in [0.15, 0.2) is 22.8 Å². The lowest BCUT2D eigenvalue weighted by Gasteiger charge is -1.85. The summed E-state index contributed by atoms with van der Waals surface area (Å²) in [6.07, 6.45) is 1.66. The quantitative estimate of drug-likeness (QED) is 0.599. The van der Waals surface area contributed by atoms with Crippen molar-refractivity contribution < 1.29 is 0 Å². The molecule has 0 aliphatic heterocycles. The SMILES string of the molecule is Clc1ccc(Br)cn1.[N]. The minimum absolute atomic E-state index is 0. The first-order valence-corrected chi connectivity index (χ1v) is 3.23. The van der Waals surface area contributed by atoms with Crippen LogP contribution in [0.5, 0.6) is 0 Å². The molecule has 9 heavy (non-hydrogen) atoms. The highest BCUT2D eigenvalue weighted by Gasteiger charge is 1.84. The largest absolute Gasteiger partial charge is 0.243 e. The summed E-state index contributed by atoms with van der Waals surface area (Å²) < 4.78 is 0.946. The van der Waals surface area contributed by atoms with Gasteiger partial charge in [0.2, 0.25) is 0 Å². The molecule has 0 fully saturated rings. The number of hydrogen-bond acceptors (Lipinski definition) is 1. The summed E-state index contributed by atoms with van der Waals surface area (Å²) in [4.78, 5) is 3.80. The minimum Gasteiger partial charge on any atom is -0.243 e. The van der Waals surface area contributed by atoms with Gasteiger partial charge < -0.3 is 0 Å². The molecule has 0 spiro atoms. The number of aromatic nitrogens is 1. The first kappa shape index (κ1) is 8.88. The van der Waals surface area contributed by atoms with Gasteiger partial charge in [-0.05, 0) is 28.1 Å². The van der Waals surface area contributed by atoms with Crippen LogP contribution in [0.4, 0.5) is 0 Å². The van der Waals surface area contributed by atoms with Crippen molar-refractivity contribution in [3.63, 3.8) is 0 Å². The fourth-order valence-electron chi connectivity index (χ4n) is 0.358. The van der Waals surface area contributed by atoms with Gasteiger partial charge in [0.05, 0.1) is 0 Å². The van der Waals surface area contributed by atoms with Crippen molar-refractivity contribution in [2.75, 3.05) is 0 Å². The van der Waals surface area contributed by atoms with Crippen LogP contribution in [-0.2, 0) is 0 Å². The van der Waals surface area contributed by atoms with E-state index in [0.717, 1.165) is 4.47 Å². The first-order chi connectivity index (χ1) is 3.79. The van der Waals surface area contributed by atoms with Crippen LogP contribution in [0.25, 0.3) is 0 Å². The molecule has 1 heterocycles. The van der Waals surface area contributed by atoms with Crippen molar-refractivity contribution in [3.05, 3.63) is 28.0 Å². The van der Waals surface area contributed by atoms with Crippen LogP contribution >= 0.6 is 27.5 Å². The summed E-state index contributed by atoms with van der Waals surface area (Å²) >= 11 is 8.70. The first-order valence-electron chi connectivity index (χ1n) is 2.06. The van der Waals surface area contributed by atoms with E-state index in [4.69, 9.17) is 11.6 Å². The van der Waals surface area contributed by atoms with Crippen molar-refractivity contribution in [2.45, 2.75) is 0 Å². The second-order valence-electron chi connectivity index (χ2n) is 1.30. The predicted molar refractivity (Wildman–Crippen MR) is 39.1 cm³/mol. The number of pyridine rings is 1. The maximum atomic E-state index is 5.48. The Morgan fingerprint density at radius 2 is 2.11 bits per heavy atom. The minimum atomic E-state index is 0. The maximum absolute atomic E-state index is 5.48. The molecule has 0 bridgehead atoms. The van der Waals surface area contributed by atoms with Gasteiger partial charge in [0.15, 0.2) is 0 Å². The highest BCUT2D eigenvalue weighted by atomic mass is 79.9. The third kappa shape index (κ3) is 2.79. The molecule has 0 unspecified atom stereocenters. The molecule has 0 aliphatic carbocycles. The Bertz CT molecular complexity index is 154. The van der Waals surface area contributed by atoms with Gasteiger partial charge in [-0.15, -0.1) is 0 Å². The van der Waals surface area contributed by atoms with E-state index in [1.165, 1.54) is 0 Å². The second-order valence-corrected chi connectivity index (χ2v) is 2.60. The molecule has 1 aromatic heterocycles. The van der Waals surface area contributed by atoms with Crippen molar-refractivity contribution in [2.24, 2.45) is 0 Å². The Morgan fingerprint density at radius 3 is 2.44 bits per heavy atom. The summed E-state index contributed by atoms with van der Waals surface area (Å²) in [6, 6.07) is 3.57. The lowest BCUT2D eigenvalue weighted by molar-refractivity contribution is 1.31. The van der Waals surface area contributed by atoms with Crippen molar-refractivity contribution >= 4 is 27.5 Å². The zero-order valence-electron chi connectivity index (χ0n) is 4.38. The summed E-state index contributed by atoms with van der Waals surface area (Å²) in [7, 11) is 0. The summed E-state index contributed by atoms with van der Waals surface area (Å²) in [6.45, 7) is 0. The molecule has 4 heteroatoms. The summed E-state index contributed by atoms with van der Waals surface area (Å²) in [5, 5.41) is 0.521. The molecule has 0 atom stereocenters. The van der Waals surface area contributed by atoms with E-state index in [-0.39, 0.29) is 6.15 Å². The van der Waals surface area contributed by atoms with Crippen LogP contribution in [0.1, 0.15) is 0 Å². The maximum Gasteiger partial charge on any atom is 0.129 e. The van der Waals surface area contributed by atoms with Crippen LogP contribution < -0.4 is 6.15 Å². The summed E-state index contributed by atoms with van der Waals surface area (Å²) in [5.41, 5.74) is 0. The van der Waals surface area contributed by atoms with Crippen LogP contribution in [0.3, 0.4) is 0 Å². The Kier molecular flexibility index (Phi) is 3.77. The molecule has 47 valence electrons. The topological polar surface area (TPSA) is 43.4 Å². The lowest BCUT2D eigenvalue weighted by atomic mass is 10.5. The number of rotatable bonds is 0. The fourth-order valence-corrected chi connectivity index (χ4v) is 0.704. The van der Waals surface area contributed by atoms with E-state index < -0.39 is 0 Å². The van der Waals surface area contributed by atoms with E-state index >= 15 is 0 Å². The van der Waals surface area contributed by atoms with E-state index in [0.29, 0.717) is 5.15 Å². The van der Waals surface area contributed by atoms with E-state index in [2.05, 4.69) is 20.9 Å². The van der Waals surface area contributed by atoms with Gasteiger partial charge in [0.1, 0.15) is 5.15 Å². The third-order valence-electron chi connectivity index (χ3n) is 0.691. The third-order valence-corrected chi connectivity index (χ3v) is 1.38.